The second kappa shape index (κ2) is 6.90. The Morgan fingerprint density at radius 2 is 1.82 bits per heavy atom. The van der Waals surface area contributed by atoms with Gasteiger partial charge in [-0.05, 0) is 75.1 Å². The van der Waals surface area contributed by atoms with E-state index in [-0.39, 0.29) is 12.4 Å². The number of nitrogens with zero attached hydrogens (tertiary/aromatic N) is 1. The van der Waals surface area contributed by atoms with E-state index in [4.69, 9.17) is 0 Å². The van der Waals surface area contributed by atoms with Gasteiger partial charge in [-0.3, -0.25) is 4.79 Å². The molecule has 1 aliphatic carbocycles. The van der Waals surface area contributed by atoms with Gasteiger partial charge in [-0.2, -0.15) is 0 Å². The summed E-state index contributed by atoms with van der Waals surface area (Å²) >= 11 is 1.76. The Bertz CT molecular complexity index is 507. The summed E-state index contributed by atoms with van der Waals surface area (Å²) in [4.78, 5) is 17.4. The summed E-state index contributed by atoms with van der Waals surface area (Å²) < 4.78 is 0. The maximum atomic E-state index is 12.8. The lowest BCUT2D eigenvalue weighted by Gasteiger charge is -2.20. The molecule has 3 heterocycles. The van der Waals surface area contributed by atoms with E-state index in [1.807, 2.05) is 0 Å². The number of amides is 1. The van der Waals surface area contributed by atoms with Crippen LogP contribution in [0.1, 0.15) is 45.8 Å². The zero-order valence-corrected chi connectivity index (χ0v) is 14.6. The zero-order chi connectivity index (χ0) is 14.2. The van der Waals surface area contributed by atoms with Crippen molar-refractivity contribution in [1.82, 2.24) is 10.2 Å². The molecule has 0 radical (unpaired) electrons. The van der Waals surface area contributed by atoms with Gasteiger partial charge < -0.3 is 10.2 Å². The molecule has 22 heavy (non-hydrogen) atoms. The first-order valence-corrected chi connectivity index (χ1v) is 9.24. The number of hydrogen-bond acceptors (Lipinski definition) is 3. The van der Waals surface area contributed by atoms with Crippen molar-refractivity contribution in [2.75, 3.05) is 26.2 Å². The topological polar surface area (TPSA) is 32.3 Å². The third-order valence-corrected chi connectivity index (χ3v) is 6.74. The molecule has 4 rings (SSSR count). The van der Waals surface area contributed by atoms with E-state index in [2.05, 4.69) is 16.3 Å². The largest absolute Gasteiger partial charge is 0.338 e. The van der Waals surface area contributed by atoms with Crippen molar-refractivity contribution in [3.63, 3.8) is 0 Å². The second-order valence-electron chi connectivity index (χ2n) is 6.81. The fourth-order valence-corrected chi connectivity index (χ4v) is 5.39. The Kier molecular flexibility index (Phi) is 5.10. The van der Waals surface area contributed by atoms with Gasteiger partial charge in [-0.25, -0.2) is 0 Å². The number of fused-ring (bicyclic) bond motifs is 2. The van der Waals surface area contributed by atoms with Crippen molar-refractivity contribution < 1.29 is 4.79 Å². The molecule has 1 aromatic heterocycles. The molecule has 0 unspecified atom stereocenters. The van der Waals surface area contributed by atoms with Crippen LogP contribution in [0.5, 0.6) is 0 Å². The lowest BCUT2D eigenvalue weighted by Crippen LogP contribution is -2.32. The predicted octanol–water partition coefficient (Wildman–Crippen LogP) is 3.12. The number of carbonyl (C=O) groups excluding carboxylic acids is 1. The van der Waals surface area contributed by atoms with Crippen molar-refractivity contribution in [2.24, 2.45) is 11.8 Å². The van der Waals surface area contributed by atoms with Gasteiger partial charge in [-0.15, -0.1) is 23.7 Å². The Labute approximate surface area is 142 Å². The predicted molar refractivity (Wildman–Crippen MR) is 93.2 cm³/mol. The molecule has 1 N–H and O–H groups in total. The molecule has 2 saturated heterocycles. The Hall–Kier alpha value is -0.580. The van der Waals surface area contributed by atoms with Gasteiger partial charge in [0.05, 0.1) is 4.88 Å². The number of nitrogens with one attached hydrogen (secondary N) is 1. The third-order valence-electron chi connectivity index (χ3n) is 5.51. The van der Waals surface area contributed by atoms with Gasteiger partial charge in [0, 0.05) is 18.0 Å². The van der Waals surface area contributed by atoms with Crippen LogP contribution in [0.4, 0.5) is 0 Å². The molecule has 122 valence electrons. The molecule has 5 heteroatoms. The van der Waals surface area contributed by atoms with E-state index < -0.39 is 0 Å². The average molecular weight is 341 g/mol. The van der Waals surface area contributed by atoms with Crippen molar-refractivity contribution in [3.05, 3.63) is 21.4 Å². The molecule has 1 amide bonds. The van der Waals surface area contributed by atoms with Gasteiger partial charge >= 0.3 is 0 Å². The molecule has 3 aliphatic rings. The van der Waals surface area contributed by atoms with Gasteiger partial charge in [0.15, 0.2) is 0 Å². The van der Waals surface area contributed by atoms with E-state index in [1.165, 1.54) is 49.0 Å². The molecule has 0 bridgehead atoms. The summed E-state index contributed by atoms with van der Waals surface area (Å²) in [5, 5.41) is 3.50. The summed E-state index contributed by atoms with van der Waals surface area (Å²) in [7, 11) is 0. The van der Waals surface area contributed by atoms with E-state index in [1.54, 1.807) is 11.3 Å². The molecule has 0 spiro atoms. The van der Waals surface area contributed by atoms with Gasteiger partial charge in [0.1, 0.15) is 0 Å². The molecular weight excluding hydrogens is 316 g/mol. The Morgan fingerprint density at radius 3 is 2.50 bits per heavy atom. The molecule has 0 aromatic carbocycles. The molecule has 1 aromatic rings. The minimum absolute atomic E-state index is 0. The highest BCUT2D eigenvalue weighted by molar-refractivity contribution is 7.14. The van der Waals surface area contributed by atoms with Crippen LogP contribution in [0.2, 0.25) is 0 Å². The number of likely N-dealkylation sites (tertiary alicyclic amines) is 1. The SMILES string of the molecule is Cl.O=C(c1cc2c(s1)CCCC2)N1CC[C@@H]2CNC[C@@H]2CC1. The van der Waals surface area contributed by atoms with Gasteiger partial charge in [0.25, 0.3) is 5.91 Å². The normalized spacial score (nSPS) is 27.5. The van der Waals surface area contributed by atoms with Crippen LogP contribution in [0, 0.1) is 11.8 Å². The highest BCUT2D eigenvalue weighted by Crippen LogP contribution is 2.32. The van der Waals surface area contributed by atoms with Crippen molar-refractivity contribution >= 4 is 29.7 Å². The third kappa shape index (κ3) is 3.06. The van der Waals surface area contributed by atoms with Crippen molar-refractivity contribution in [1.29, 1.82) is 0 Å². The smallest absolute Gasteiger partial charge is 0.263 e. The number of halogens is 1. The number of rotatable bonds is 1. The van der Waals surface area contributed by atoms with Crippen LogP contribution in [-0.2, 0) is 12.8 Å². The summed E-state index contributed by atoms with van der Waals surface area (Å²) in [6, 6.07) is 2.19. The first-order chi connectivity index (χ1) is 10.3. The van der Waals surface area contributed by atoms with E-state index in [9.17, 15) is 4.79 Å². The molecule has 0 saturated carbocycles. The summed E-state index contributed by atoms with van der Waals surface area (Å²) in [6.45, 7) is 4.20. The standard InChI is InChI=1S/C17H24N2OS.ClH/c20-17(16-9-12-3-1-2-4-15(12)21-16)19-7-5-13-10-18-11-14(13)6-8-19;/h9,13-14,18H,1-8,10-11H2;1H/t13-,14+;. The lowest BCUT2D eigenvalue weighted by molar-refractivity contribution is 0.0763. The number of carbonyl (C=O) groups is 1. The number of aryl methyl sites for hydroxylation is 2. The maximum Gasteiger partial charge on any atom is 0.263 e. The summed E-state index contributed by atoms with van der Waals surface area (Å²) in [5.41, 5.74) is 1.45. The van der Waals surface area contributed by atoms with Crippen LogP contribution in [0.15, 0.2) is 6.07 Å². The average Bonchev–Trinajstić information content (AvgIpc) is 3.09. The number of hydrogen-bond donors (Lipinski definition) is 1. The van der Waals surface area contributed by atoms with Crippen molar-refractivity contribution in [2.45, 2.75) is 38.5 Å². The maximum absolute atomic E-state index is 12.8. The summed E-state index contributed by atoms with van der Waals surface area (Å²) in [5.74, 6) is 1.88. The Morgan fingerprint density at radius 1 is 1.14 bits per heavy atom. The van der Waals surface area contributed by atoms with Crippen LogP contribution in [0.3, 0.4) is 0 Å². The van der Waals surface area contributed by atoms with Crippen LogP contribution >= 0.6 is 23.7 Å². The summed E-state index contributed by atoms with van der Waals surface area (Å²) in [6.07, 6.45) is 7.29. The minimum atomic E-state index is 0. The fraction of sp³-hybridized carbons (Fsp3) is 0.706. The molecule has 2 aliphatic heterocycles. The van der Waals surface area contributed by atoms with Gasteiger partial charge in [0.2, 0.25) is 0 Å². The lowest BCUT2D eigenvalue weighted by atomic mass is 9.92. The molecule has 2 atom stereocenters. The van der Waals surface area contributed by atoms with Gasteiger partial charge in [-0.1, -0.05) is 0 Å². The fourth-order valence-electron chi connectivity index (χ4n) is 4.17. The molecular formula is C17H25ClN2OS. The zero-order valence-electron chi connectivity index (χ0n) is 13.0. The van der Waals surface area contributed by atoms with Crippen LogP contribution < -0.4 is 5.32 Å². The van der Waals surface area contributed by atoms with E-state index in [0.717, 1.165) is 42.9 Å². The second-order valence-corrected chi connectivity index (χ2v) is 7.95. The monoisotopic (exact) mass is 340 g/mol. The van der Waals surface area contributed by atoms with E-state index in [0.29, 0.717) is 5.91 Å². The molecule has 3 nitrogen and oxygen atoms in total. The minimum Gasteiger partial charge on any atom is -0.338 e. The highest BCUT2D eigenvalue weighted by Gasteiger charge is 2.32. The first-order valence-electron chi connectivity index (χ1n) is 8.43. The van der Waals surface area contributed by atoms with Crippen LogP contribution in [0.25, 0.3) is 0 Å². The van der Waals surface area contributed by atoms with Crippen LogP contribution in [-0.4, -0.2) is 37.0 Å². The Balaban J connectivity index is 0.00000144. The van der Waals surface area contributed by atoms with E-state index >= 15 is 0 Å². The highest BCUT2D eigenvalue weighted by atomic mass is 35.5. The first kappa shape index (κ1) is 16.3. The number of thiophene rings is 1. The van der Waals surface area contributed by atoms with Crippen molar-refractivity contribution in [3.8, 4) is 0 Å². The quantitative estimate of drug-likeness (QED) is 0.852. The molecule has 2 fully saturated rings.